The third-order valence-corrected chi connectivity index (χ3v) is 12.4. The van der Waals surface area contributed by atoms with Crippen LogP contribution in [-0.4, -0.2) is 58.4 Å². The Morgan fingerprint density at radius 1 is 0.852 bits per heavy atom. The Hall–Kier alpha value is -3.76. The minimum absolute atomic E-state index is 0.0136. The highest BCUT2D eigenvalue weighted by Crippen LogP contribution is 2.55. The number of hydrogen-bond acceptors (Lipinski definition) is 7. The van der Waals surface area contributed by atoms with E-state index < -0.39 is 11.9 Å². The number of urea groups is 1. The number of carbonyl (C=O) groups excluding carboxylic acids is 2. The molecular formula is C45H57N3O6. The van der Waals surface area contributed by atoms with Crippen LogP contribution in [0.2, 0.25) is 0 Å². The van der Waals surface area contributed by atoms with Gasteiger partial charge in [0.25, 0.3) is 0 Å². The number of amides is 2. The fraction of sp³-hybridized carbons (Fsp3) is 0.556. The van der Waals surface area contributed by atoms with Crippen LogP contribution >= 0.6 is 0 Å². The summed E-state index contributed by atoms with van der Waals surface area (Å²) in [4.78, 5) is 28.6. The fourth-order valence-electron chi connectivity index (χ4n) is 10.4. The number of carbonyl (C=O) groups is 2. The normalized spacial score (nSPS) is 30.6. The van der Waals surface area contributed by atoms with Crippen LogP contribution in [0.4, 0.5) is 4.79 Å². The second-order valence-electron chi connectivity index (χ2n) is 17.9. The van der Waals surface area contributed by atoms with Gasteiger partial charge in [-0.3, -0.25) is 9.69 Å². The summed E-state index contributed by atoms with van der Waals surface area (Å²) < 4.78 is 19.2. The summed E-state index contributed by atoms with van der Waals surface area (Å²) in [6, 6.07) is 24.2. The molecule has 9 rings (SSSR count). The Kier molecular flexibility index (Phi) is 10.6. The Labute approximate surface area is 320 Å². The van der Waals surface area contributed by atoms with Crippen LogP contribution in [0, 0.1) is 17.8 Å². The number of esters is 1. The molecule has 4 atom stereocenters. The first-order valence-electron chi connectivity index (χ1n) is 20.2. The molecule has 3 N–H and O–H groups in total. The van der Waals surface area contributed by atoms with Gasteiger partial charge in [0.05, 0.1) is 18.8 Å². The highest BCUT2D eigenvalue weighted by Gasteiger charge is 2.51. The summed E-state index contributed by atoms with van der Waals surface area (Å²) in [6.45, 7) is 7.58. The van der Waals surface area contributed by atoms with Gasteiger partial charge in [0.15, 0.2) is 6.29 Å². The zero-order valence-electron chi connectivity index (χ0n) is 32.1. The SMILES string of the molecule is CC(C)(C)OC(=O)C1CCCN1CC1CC(c2ccc(CO)cc2)OC(c2cccc(-c3cccc(CNC(=O)NC45CC6CC(CC(C6)C4)C5)c3)c2)O1. The highest BCUT2D eigenvalue weighted by molar-refractivity contribution is 5.76. The molecule has 4 saturated carbocycles. The molecule has 54 heavy (non-hydrogen) atoms. The minimum Gasteiger partial charge on any atom is -0.459 e. The van der Waals surface area contributed by atoms with Crippen molar-refractivity contribution in [3.8, 4) is 11.1 Å². The number of benzene rings is 3. The molecule has 0 radical (unpaired) electrons. The Morgan fingerprint density at radius 3 is 2.22 bits per heavy atom. The monoisotopic (exact) mass is 735 g/mol. The van der Waals surface area contributed by atoms with Crippen LogP contribution in [0.25, 0.3) is 11.1 Å². The van der Waals surface area contributed by atoms with Crippen molar-refractivity contribution in [1.82, 2.24) is 15.5 Å². The standard InChI is InChI=1S/C45H57N3O6/c1-44(2,3)54-41(50)39-11-6-16-48(39)27-38-22-40(34-14-12-29(28-49)13-15-34)53-42(52-38)37-10-5-9-36(21-37)35-8-4-7-30(20-35)26-46-43(51)47-45-23-31-17-32(24-45)19-33(18-31)25-45/h4-5,7-10,12-15,20-21,31-33,38-40,42,49H,6,11,16-19,22-28H2,1-3H3,(H2,46,47,51). The quantitative estimate of drug-likeness (QED) is 0.181. The molecule has 9 heteroatoms. The average Bonchev–Trinajstić information content (AvgIpc) is 3.61. The molecule has 2 aliphatic heterocycles. The van der Waals surface area contributed by atoms with Gasteiger partial charge in [0, 0.05) is 30.6 Å². The van der Waals surface area contributed by atoms with Crippen LogP contribution in [-0.2, 0) is 32.2 Å². The molecule has 4 aliphatic carbocycles. The van der Waals surface area contributed by atoms with Crippen LogP contribution in [0.15, 0.2) is 72.8 Å². The molecule has 288 valence electrons. The number of likely N-dealkylation sites (tertiary alicyclic amines) is 1. The highest BCUT2D eigenvalue weighted by atomic mass is 16.7. The van der Waals surface area contributed by atoms with Crippen LogP contribution in [0.5, 0.6) is 0 Å². The van der Waals surface area contributed by atoms with Crippen molar-refractivity contribution < 1.29 is 28.9 Å². The minimum atomic E-state index is -0.619. The average molecular weight is 736 g/mol. The first-order valence-corrected chi connectivity index (χ1v) is 20.2. The second-order valence-corrected chi connectivity index (χ2v) is 17.9. The Morgan fingerprint density at radius 2 is 1.54 bits per heavy atom. The van der Waals surface area contributed by atoms with Gasteiger partial charge < -0.3 is 30.0 Å². The van der Waals surface area contributed by atoms with Crippen molar-refractivity contribution in [3.63, 3.8) is 0 Å². The van der Waals surface area contributed by atoms with Crippen molar-refractivity contribution in [2.75, 3.05) is 13.1 Å². The molecular weight excluding hydrogens is 679 g/mol. The molecule has 0 spiro atoms. The maximum Gasteiger partial charge on any atom is 0.323 e. The van der Waals surface area contributed by atoms with Crippen LogP contribution in [0.3, 0.4) is 0 Å². The van der Waals surface area contributed by atoms with Gasteiger partial charge in [0.2, 0.25) is 0 Å². The van der Waals surface area contributed by atoms with Crippen molar-refractivity contribution in [3.05, 3.63) is 95.1 Å². The van der Waals surface area contributed by atoms with E-state index in [9.17, 15) is 14.7 Å². The summed E-state index contributed by atoms with van der Waals surface area (Å²) in [7, 11) is 0. The van der Waals surface area contributed by atoms with E-state index in [2.05, 4.69) is 45.9 Å². The molecule has 6 aliphatic rings. The first-order chi connectivity index (χ1) is 26.0. The summed E-state index contributed by atoms with van der Waals surface area (Å²) in [6.07, 6.45) is 8.77. The zero-order chi connectivity index (χ0) is 37.5. The lowest BCUT2D eigenvalue weighted by Crippen LogP contribution is -2.61. The number of aliphatic hydroxyl groups is 1. The molecule has 9 nitrogen and oxygen atoms in total. The fourth-order valence-corrected chi connectivity index (χ4v) is 10.4. The zero-order valence-corrected chi connectivity index (χ0v) is 32.1. The first kappa shape index (κ1) is 37.2. The predicted octanol–water partition coefficient (Wildman–Crippen LogP) is 7.97. The lowest BCUT2D eigenvalue weighted by atomic mass is 9.53. The Balaban J connectivity index is 0.960. The van der Waals surface area contributed by atoms with Gasteiger partial charge in [-0.1, -0.05) is 60.7 Å². The predicted molar refractivity (Wildman–Crippen MR) is 207 cm³/mol. The largest absolute Gasteiger partial charge is 0.459 e. The van der Waals surface area contributed by atoms with E-state index in [0.29, 0.717) is 19.5 Å². The van der Waals surface area contributed by atoms with Gasteiger partial charge in [0.1, 0.15) is 11.6 Å². The van der Waals surface area contributed by atoms with E-state index in [1.165, 1.54) is 19.3 Å². The topological polar surface area (TPSA) is 109 Å². The van der Waals surface area contributed by atoms with E-state index in [-0.39, 0.29) is 42.4 Å². The van der Waals surface area contributed by atoms with Gasteiger partial charge in [-0.15, -0.1) is 0 Å². The molecule has 2 heterocycles. The van der Waals surface area contributed by atoms with E-state index in [1.54, 1.807) is 0 Å². The number of nitrogens with zero attached hydrogens (tertiary/aromatic N) is 1. The Bertz CT molecular complexity index is 1770. The third kappa shape index (κ3) is 8.55. The summed E-state index contributed by atoms with van der Waals surface area (Å²) in [5.74, 6) is 2.17. The van der Waals surface area contributed by atoms with E-state index in [1.807, 2.05) is 63.2 Å². The number of ether oxygens (including phenoxy) is 3. The summed E-state index contributed by atoms with van der Waals surface area (Å²) in [5.41, 5.74) is 5.37. The smallest absolute Gasteiger partial charge is 0.323 e. The van der Waals surface area contributed by atoms with Crippen molar-refractivity contribution in [2.24, 2.45) is 17.8 Å². The molecule has 3 aromatic rings. The molecule has 2 saturated heterocycles. The van der Waals surface area contributed by atoms with Gasteiger partial charge in [-0.05, 0) is 136 Å². The van der Waals surface area contributed by atoms with Gasteiger partial charge in [-0.2, -0.15) is 0 Å². The van der Waals surface area contributed by atoms with E-state index >= 15 is 0 Å². The number of nitrogens with one attached hydrogen (secondary N) is 2. The molecule has 4 unspecified atom stereocenters. The van der Waals surface area contributed by atoms with E-state index in [0.717, 1.165) is 89.8 Å². The number of aliphatic hydroxyl groups excluding tert-OH is 1. The van der Waals surface area contributed by atoms with Crippen molar-refractivity contribution in [2.45, 2.75) is 127 Å². The second kappa shape index (κ2) is 15.4. The number of rotatable bonds is 10. The summed E-state index contributed by atoms with van der Waals surface area (Å²) >= 11 is 0. The lowest BCUT2D eigenvalue weighted by molar-refractivity contribution is -0.253. The maximum atomic E-state index is 13.2. The molecule has 6 fully saturated rings. The third-order valence-electron chi connectivity index (χ3n) is 12.4. The maximum absolute atomic E-state index is 13.2. The van der Waals surface area contributed by atoms with Crippen molar-refractivity contribution >= 4 is 12.0 Å². The van der Waals surface area contributed by atoms with Crippen LogP contribution in [0.1, 0.15) is 113 Å². The van der Waals surface area contributed by atoms with Crippen LogP contribution < -0.4 is 10.6 Å². The van der Waals surface area contributed by atoms with Gasteiger partial charge in [-0.25, -0.2) is 4.79 Å². The molecule has 0 aromatic heterocycles. The molecule has 2 amide bonds. The molecule has 4 bridgehead atoms. The van der Waals surface area contributed by atoms with Crippen molar-refractivity contribution in [1.29, 1.82) is 0 Å². The van der Waals surface area contributed by atoms with Gasteiger partial charge >= 0.3 is 12.0 Å². The number of hydrogen-bond donors (Lipinski definition) is 3. The lowest BCUT2D eigenvalue weighted by Gasteiger charge is -2.56. The summed E-state index contributed by atoms with van der Waals surface area (Å²) in [5, 5.41) is 16.2. The van der Waals surface area contributed by atoms with E-state index in [4.69, 9.17) is 14.2 Å². The molecule has 3 aromatic carbocycles.